The summed E-state index contributed by atoms with van der Waals surface area (Å²) in [4.78, 5) is 12.4. The second-order valence-corrected chi connectivity index (χ2v) is 7.19. The summed E-state index contributed by atoms with van der Waals surface area (Å²) in [6.45, 7) is 1.22. The molecule has 7 nitrogen and oxygen atoms in total. The van der Waals surface area contributed by atoms with E-state index in [9.17, 15) is 13.2 Å². The summed E-state index contributed by atoms with van der Waals surface area (Å²) < 4.78 is 30.0. The third kappa shape index (κ3) is 3.28. The molecule has 1 aromatic heterocycles. The molecule has 3 N–H and O–H groups in total. The van der Waals surface area contributed by atoms with E-state index in [0.29, 0.717) is 12.3 Å². The van der Waals surface area contributed by atoms with Crippen molar-refractivity contribution >= 4 is 15.9 Å². The van der Waals surface area contributed by atoms with Crippen molar-refractivity contribution in [2.24, 2.45) is 5.14 Å². The van der Waals surface area contributed by atoms with Gasteiger partial charge in [-0.15, -0.1) is 0 Å². The first kappa shape index (κ1) is 14.6. The van der Waals surface area contributed by atoms with Crippen LogP contribution < -0.4 is 10.5 Å². The lowest BCUT2D eigenvalue weighted by Gasteiger charge is -2.23. The van der Waals surface area contributed by atoms with E-state index >= 15 is 0 Å². The number of hydrogen-bond donors (Lipinski definition) is 2. The summed E-state index contributed by atoms with van der Waals surface area (Å²) in [6, 6.07) is 1.53. The molecular formula is C13H19N3O4S. The van der Waals surface area contributed by atoms with Gasteiger partial charge in [0.1, 0.15) is 10.6 Å². The van der Waals surface area contributed by atoms with Crippen LogP contribution in [0.4, 0.5) is 0 Å². The zero-order chi connectivity index (χ0) is 15.0. The molecule has 1 unspecified atom stereocenters. The molecule has 1 saturated carbocycles. The zero-order valence-electron chi connectivity index (χ0n) is 11.6. The van der Waals surface area contributed by atoms with Crippen molar-refractivity contribution < 1.29 is 17.9 Å². The van der Waals surface area contributed by atoms with Crippen LogP contribution in [0.2, 0.25) is 0 Å². The fourth-order valence-corrected chi connectivity index (χ4v) is 3.10. The van der Waals surface area contributed by atoms with E-state index in [-0.39, 0.29) is 22.9 Å². The number of sulfonamides is 1. The summed E-state index contributed by atoms with van der Waals surface area (Å²) in [7, 11) is -3.80. The van der Waals surface area contributed by atoms with Gasteiger partial charge in [-0.25, -0.2) is 13.6 Å². The zero-order valence-corrected chi connectivity index (χ0v) is 12.4. The maximum atomic E-state index is 12.4. The smallest absolute Gasteiger partial charge is 0.268 e. The molecule has 21 heavy (non-hydrogen) atoms. The molecule has 1 aromatic rings. The molecule has 1 atom stereocenters. The second-order valence-electron chi connectivity index (χ2n) is 5.63. The van der Waals surface area contributed by atoms with Gasteiger partial charge in [-0.1, -0.05) is 0 Å². The van der Waals surface area contributed by atoms with Crippen molar-refractivity contribution in [3.63, 3.8) is 0 Å². The molecule has 1 saturated heterocycles. The summed E-state index contributed by atoms with van der Waals surface area (Å²) >= 11 is 0. The summed E-state index contributed by atoms with van der Waals surface area (Å²) in [6.07, 6.45) is 5.14. The minimum Gasteiger partial charge on any atom is -0.379 e. The van der Waals surface area contributed by atoms with E-state index in [1.54, 1.807) is 4.57 Å². The van der Waals surface area contributed by atoms with Crippen LogP contribution in [0.15, 0.2) is 17.2 Å². The average Bonchev–Trinajstić information content (AvgIpc) is 3.16. The first-order valence-corrected chi connectivity index (χ1v) is 8.63. The predicted molar refractivity (Wildman–Crippen MR) is 75.4 cm³/mol. The molecule has 3 rings (SSSR count). The molecule has 8 heteroatoms. The summed E-state index contributed by atoms with van der Waals surface area (Å²) in [5.41, 5.74) is 0.354. The first-order chi connectivity index (χ1) is 9.95. The number of nitrogens with one attached hydrogen (secondary N) is 1. The Hall–Kier alpha value is -1.38. The monoisotopic (exact) mass is 313 g/mol. The Balaban J connectivity index is 1.82. The number of carbonyl (C=O) groups is 1. The summed E-state index contributed by atoms with van der Waals surface area (Å²) in [5, 5.41) is 8.05. The molecule has 1 aliphatic carbocycles. The normalized spacial score (nSPS) is 23.0. The highest BCUT2D eigenvalue weighted by Crippen LogP contribution is 2.37. The lowest BCUT2D eigenvalue weighted by Crippen LogP contribution is -2.41. The number of nitrogens with zero attached hydrogens (tertiary/aromatic N) is 1. The van der Waals surface area contributed by atoms with Gasteiger partial charge in [-0.05, 0) is 31.7 Å². The van der Waals surface area contributed by atoms with Crippen molar-refractivity contribution in [1.29, 1.82) is 0 Å². The Morgan fingerprint density at radius 1 is 1.38 bits per heavy atom. The van der Waals surface area contributed by atoms with Crippen molar-refractivity contribution in [2.75, 3.05) is 13.2 Å². The minimum atomic E-state index is -3.80. The van der Waals surface area contributed by atoms with Gasteiger partial charge < -0.3 is 14.6 Å². The Kier molecular flexibility index (Phi) is 3.76. The third-order valence-corrected chi connectivity index (χ3v) is 4.70. The van der Waals surface area contributed by atoms with Gasteiger partial charge in [0.25, 0.3) is 5.91 Å². The van der Waals surface area contributed by atoms with Crippen molar-refractivity contribution in [2.45, 2.75) is 42.7 Å². The molecule has 2 aliphatic rings. The number of ether oxygens (including phenoxy) is 1. The highest BCUT2D eigenvalue weighted by molar-refractivity contribution is 7.89. The third-order valence-electron chi connectivity index (χ3n) is 3.82. The van der Waals surface area contributed by atoms with E-state index in [1.807, 2.05) is 0 Å². The van der Waals surface area contributed by atoms with E-state index < -0.39 is 10.0 Å². The number of primary sulfonamides is 1. The topological polar surface area (TPSA) is 103 Å². The standard InChI is InChI=1S/C13H19N3O4S/c14-21(18,19)11-6-12(16(7-11)10-3-4-10)13(17)15-9-2-1-5-20-8-9/h6-7,9-10H,1-5,8H2,(H,15,17)(H2,14,18,19). The second kappa shape index (κ2) is 5.43. The van der Waals surface area contributed by atoms with Crippen LogP contribution in [0.3, 0.4) is 0 Å². The predicted octanol–water partition coefficient (Wildman–Crippen LogP) is 0.379. The SMILES string of the molecule is NS(=O)(=O)c1cc(C(=O)NC2CCCOC2)n(C2CC2)c1. The van der Waals surface area contributed by atoms with Crippen LogP contribution in [0.5, 0.6) is 0 Å². The fourth-order valence-electron chi connectivity index (χ4n) is 2.56. The van der Waals surface area contributed by atoms with Gasteiger partial charge >= 0.3 is 0 Å². The number of nitrogens with two attached hydrogens (primary N) is 1. The Morgan fingerprint density at radius 3 is 2.71 bits per heavy atom. The van der Waals surface area contributed by atoms with Crippen LogP contribution in [-0.2, 0) is 14.8 Å². The van der Waals surface area contributed by atoms with Crippen LogP contribution in [0, 0.1) is 0 Å². The average molecular weight is 313 g/mol. The largest absolute Gasteiger partial charge is 0.379 e. The van der Waals surface area contributed by atoms with Gasteiger partial charge in [-0.2, -0.15) is 0 Å². The first-order valence-electron chi connectivity index (χ1n) is 7.08. The molecule has 0 aromatic carbocycles. The highest BCUT2D eigenvalue weighted by atomic mass is 32.2. The highest BCUT2D eigenvalue weighted by Gasteiger charge is 2.30. The Labute approximate surface area is 123 Å². The molecule has 0 bridgehead atoms. The molecule has 0 radical (unpaired) electrons. The van der Waals surface area contributed by atoms with Crippen molar-refractivity contribution in [3.8, 4) is 0 Å². The van der Waals surface area contributed by atoms with Gasteiger partial charge in [-0.3, -0.25) is 4.79 Å². The maximum absolute atomic E-state index is 12.4. The van der Waals surface area contributed by atoms with Crippen LogP contribution >= 0.6 is 0 Å². The lowest BCUT2D eigenvalue weighted by molar-refractivity contribution is 0.0620. The minimum absolute atomic E-state index is 0.0144. The van der Waals surface area contributed by atoms with Crippen LogP contribution in [0.25, 0.3) is 0 Å². The quantitative estimate of drug-likeness (QED) is 0.838. The van der Waals surface area contributed by atoms with Gasteiger partial charge in [0.05, 0.1) is 12.6 Å². The molecule has 116 valence electrons. The number of hydrogen-bond acceptors (Lipinski definition) is 4. The van der Waals surface area contributed by atoms with Gasteiger partial charge in [0, 0.05) is 18.8 Å². The lowest BCUT2D eigenvalue weighted by atomic mass is 10.1. The Morgan fingerprint density at radius 2 is 2.14 bits per heavy atom. The van der Waals surface area contributed by atoms with Crippen LogP contribution in [0.1, 0.15) is 42.2 Å². The van der Waals surface area contributed by atoms with Crippen LogP contribution in [-0.4, -0.2) is 38.1 Å². The molecule has 2 fully saturated rings. The van der Waals surface area contributed by atoms with E-state index in [2.05, 4.69) is 5.32 Å². The maximum Gasteiger partial charge on any atom is 0.268 e. The number of amides is 1. The van der Waals surface area contributed by atoms with E-state index in [0.717, 1.165) is 32.3 Å². The van der Waals surface area contributed by atoms with Gasteiger partial charge in [0.15, 0.2) is 0 Å². The van der Waals surface area contributed by atoms with Crippen molar-refractivity contribution in [3.05, 3.63) is 18.0 Å². The van der Waals surface area contributed by atoms with E-state index in [1.165, 1.54) is 12.3 Å². The van der Waals surface area contributed by atoms with Crippen molar-refractivity contribution in [1.82, 2.24) is 9.88 Å². The summed E-state index contributed by atoms with van der Waals surface area (Å²) in [5.74, 6) is -0.271. The molecule has 1 aliphatic heterocycles. The van der Waals surface area contributed by atoms with E-state index in [4.69, 9.17) is 9.88 Å². The molecule has 0 spiro atoms. The molecule has 1 amide bonds. The number of carbonyl (C=O) groups excluding carboxylic acids is 1. The number of aromatic nitrogens is 1. The molecular weight excluding hydrogens is 294 g/mol. The number of rotatable bonds is 4. The van der Waals surface area contributed by atoms with Gasteiger partial charge in [0.2, 0.25) is 10.0 Å². The fraction of sp³-hybridized carbons (Fsp3) is 0.615. The molecule has 2 heterocycles. The Bertz CT molecular complexity index is 642.